The van der Waals surface area contributed by atoms with E-state index in [1.807, 2.05) is 0 Å². The normalized spacial score (nSPS) is 17.6. The van der Waals surface area contributed by atoms with Crippen LogP contribution in [-0.2, 0) is 15.8 Å². The molecule has 0 saturated carbocycles. The average Bonchev–Trinajstić information content (AvgIpc) is 2.99. The Morgan fingerprint density at radius 2 is 1.88 bits per heavy atom. The van der Waals surface area contributed by atoms with E-state index >= 15 is 0 Å². The fourth-order valence-corrected chi connectivity index (χ4v) is 3.90. The second-order valence-electron chi connectivity index (χ2n) is 8.02. The molecule has 10 heteroatoms. The van der Waals surface area contributed by atoms with Crippen molar-refractivity contribution in [1.29, 1.82) is 0 Å². The van der Waals surface area contributed by atoms with Crippen LogP contribution in [0.1, 0.15) is 30.9 Å². The van der Waals surface area contributed by atoms with E-state index in [4.69, 9.17) is 9.47 Å². The summed E-state index contributed by atoms with van der Waals surface area (Å²) in [6, 6.07) is 8.04. The SMILES string of the molecule is CC(O)C(=O)N1CCOc2ccc(NC(=O)/C=C3\CCCOc4cc(C(F)(F)F)ccc43)cc21. The summed E-state index contributed by atoms with van der Waals surface area (Å²) in [4.78, 5) is 26.5. The zero-order chi connectivity index (χ0) is 24.5. The van der Waals surface area contributed by atoms with Gasteiger partial charge in [0.1, 0.15) is 24.2 Å². The molecule has 34 heavy (non-hydrogen) atoms. The number of hydrogen-bond donors (Lipinski definition) is 2. The van der Waals surface area contributed by atoms with Crippen LogP contribution in [0.3, 0.4) is 0 Å². The lowest BCUT2D eigenvalue weighted by Gasteiger charge is -2.30. The zero-order valence-corrected chi connectivity index (χ0v) is 18.3. The van der Waals surface area contributed by atoms with Crippen molar-refractivity contribution < 1.29 is 37.3 Å². The number of nitrogens with zero attached hydrogens (tertiary/aromatic N) is 1. The Kier molecular flexibility index (Phi) is 6.52. The number of aliphatic hydroxyl groups excluding tert-OH is 1. The summed E-state index contributed by atoms with van der Waals surface area (Å²) in [7, 11) is 0. The molecular formula is C24H23F3N2O5. The first-order chi connectivity index (χ1) is 16.1. The Morgan fingerprint density at radius 1 is 1.12 bits per heavy atom. The number of benzene rings is 2. The van der Waals surface area contributed by atoms with Gasteiger partial charge in [0, 0.05) is 17.3 Å². The number of anilines is 2. The van der Waals surface area contributed by atoms with Crippen LogP contribution < -0.4 is 19.7 Å². The molecule has 0 saturated heterocycles. The molecular weight excluding hydrogens is 453 g/mol. The molecule has 2 aliphatic rings. The minimum atomic E-state index is -4.49. The highest BCUT2D eigenvalue weighted by molar-refractivity contribution is 6.05. The number of carbonyl (C=O) groups is 2. The molecule has 0 spiro atoms. The lowest BCUT2D eigenvalue weighted by molar-refractivity contribution is -0.137. The van der Waals surface area contributed by atoms with E-state index in [1.54, 1.807) is 18.2 Å². The van der Waals surface area contributed by atoms with Crippen molar-refractivity contribution in [3.05, 3.63) is 53.6 Å². The summed E-state index contributed by atoms with van der Waals surface area (Å²) >= 11 is 0. The summed E-state index contributed by atoms with van der Waals surface area (Å²) in [5.74, 6) is -0.423. The van der Waals surface area contributed by atoms with Gasteiger partial charge in [-0.1, -0.05) is 6.07 Å². The first-order valence-electron chi connectivity index (χ1n) is 10.8. The number of amides is 2. The van der Waals surface area contributed by atoms with Gasteiger partial charge in [0.05, 0.1) is 24.4 Å². The maximum Gasteiger partial charge on any atom is 0.416 e. The molecule has 0 bridgehead atoms. The molecule has 0 fully saturated rings. The second kappa shape index (κ2) is 9.38. The second-order valence-corrected chi connectivity index (χ2v) is 8.02. The van der Waals surface area contributed by atoms with Gasteiger partial charge in [-0.2, -0.15) is 13.2 Å². The third-order valence-corrected chi connectivity index (χ3v) is 5.52. The maximum absolute atomic E-state index is 13.1. The lowest BCUT2D eigenvalue weighted by atomic mass is 9.99. The lowest BCUT2D eigenvalue weighted by Crippen LogP contribution is -2.42. The molecule has 1 unspecified atom stereocenters. The van der Waals surface area contributed by atoms with Gasteiger partial charge in [0.2, 0.25) is 5.91 Å². The van der Waals surface area contributed by atoms with Gasteiger partial charge >= 0.3 is 6.18 Å². The van der Waals surface area contributed by atoms with E-state index in [9.17, 15) is 27.9 Å². The van der Waals surface area contributed by atoms with Crippen molar-refractivity contribution >= 4 is 28.8 Å². The predicted molar refractivity (Wildman–Crippen MR) is 119 cm³/mol. The molecule has 180 valence electrons. The van der Waals surface area contributed by atoms with Crippen molar-refractivity contribution in [3.63, 3.8) is 0 Å². The van der Waals surface area contributed by atoms with E-state index in [2.05, 4.69) is 5.32 Å². The monoisotopic (exact) mass is 476 g/mol. The van der Waals surface area contributed by atoms with Gasteiger partial charge in [-0.15, -0.1) is 0 Å². The molecule has 2 heterocycles. The summed E-state index contributed by atoms with van der Waals surface area (Å²) in [5.41, 5.74) is 1.01. The molecule has 2 amide bonds. The predicted octanol–water partition coefficient (Wildman–Crippen LogP) is 4.01. The standard InChI is InChI=1S/C24H23F3N2O5/c1-14(30)23(32)29-8-10-34-20-7-5-17(13-19(20)29)28-22(31)11-15-3-2-9-33-21-12-16(24(25,26)27)4-6-18(15)21/h4-7,11-14,30H,2-3,8-10H2,1H3,(H,28,31)/b15-11+. The topological polar surface area (TPSA) is 88.1 Å². The molecule has 0 aliphatic carbocycles. The van der Waals surface area contributed by atoms with Crippen LogP contribution in [0.15, 0.2) is 42.5 Å². The number of nitrogens with one attached hydrogen (secondary N) is 1. The molecule has 2 aliphatic heterocycles. The fraction of sp³-hybridized carbons (Fsp3) is 0.333. The third kappa shape index (κ3) is 5.01. The van der Waals surface area contributed by atoms with Gasteiger partial charge in [-0.25, -0.2) is 0 Å². The average molecular weight is 476 g/mol. The highest BCUT2D eigenvalue weighted by Crippen LogP contribution is 2.38. The summed E-state index contributed by atoms with van der Waals surface area (Å²) in [6.45, 7) is 2.15. The van der Waals surface area contributed by atoms with E-state index in [1.165, 1.54) is 24.0 Å². The number of halogens is 3. The summed E-state index contributed by atoms with van der Waals surface area (Å²) < 4.78 is 50.3. The van der Waals surface area contributed by atoms with Gasteiger partial charge in [-0.05, 0) is 55.7 Å². The van der Waals surface area contributed by atoms with Crippen molar-refractivity contribution in [2.45, 2.75) is 32.0 Å². The Bertz CT molecular complexity index is 1140. The molecule has 4 rings (SSSR count). The molecule has 1 atom stereocenters. The Labute approximate surface area is 193 Å². The summed E-state index contributed by atoms with van der Waals surface area (Å²) in [5, 5.41) is 12.4. The Balaban J connectivity index is 1.58. The molecule has 0 radical (unpaired) electrons. The van der Waals surface area contributed by atoms with Gasteiger partial charge in [0.25, 0.3) is 5.91 Å². The van der Waals surface area contributed by atoms with Crippen LogP contribution in [0.4, 0.5) is 24.5 Å². The van der Waals surface area contributed by atoms with Crippen molar-refractivity contribution in [2.24, 2.45) is 0 Å². The van der Waals surface area contributed by atoms with E-state index in [0.29, 0.717) is 41.1 Å². The van der Waals surface area contributed by atoms with E-state index in [-0.39, 0.29) is 25.5 Å². The largest absolute Gasteiger partial charge is 0.493 e. The number of allylic oxidation sites excluding steroid dienone is 1. The highest BCUT2D eigenvalue weighted by Gasteiger charge is 2.32. The Hall–Kier alpha value is -3.53. The number of fused-ring (bicyclic) bond motifs is 2. The van der Waals surface area contributed by atoms with Gasteiger partial charge < -0.3 is 24.8 Å². The number of aliphatic hydroxyl groups is 1. The summed E-state index contributed by atoms with van der Waals surface area (Å²) in [6.07, 6.45) is -3.34. The highest BCUT2D eigenvalue weighted by atomic mass is 19.4. The van der Waals surface area contributed by atoms with Crippen LogP contribution in [0.5, 0.6) is 11.5 Å². The molecule has 2 N–H and O–H groups in total. The third-order valence-electron chi connectivity index (χ3n) is 5.52. The number of alkyl halides is 3. The van der Waals surface area contributed by atoms with Crippen LogP contribution >= 0.6 is 0 Å². The first-order valence-corrected chi connectivity index (χ1v) is 10.8. The van der Waals surface area contributed by atoms with Crippen molar-refractivity contribution in [1.82, 2.24) is 0 Å². The molecule has 0 aromatic heterocycles. The van der Waals surface area contributed by atoms with Gasteiger partial charge in [0.15, 0.2) is 0 Å². The number of carbonyl (C=O) groups excluding carboxylic acids is 2. The van der Waals surface area contributed by atoms with E-state index in [0.717, 1.165) is 12.1 Å². The minimum absolute atomic E-state index is 0.0876. The van der Waals surface area contributed by atoms with Gasteiger partial charge in [-0.3, -0.25) is 9.59 Å². The molecule has 2 aromatic carbocycles. The van der Waals surface area contributed by atoms with Crippen molar-refractivity contribution in [2.75, 3.05) is 30.0 Å². The van der Waals surface area contributed by atoms with Crippen LogP contribution in [0.25, 0.3) is 5.57 Å². The zero-order valence-electron chi connectivity index (χ0n) is 18.3. The number of hydrogen-bond acceptors (Lipinski definition) is 5. The Morgan fingerprint density at radius 3 is 2.62 bits per heavy atom. The van der Waals surface area contributed by atoms with Crippen LogP contribution in [-0.4, -0.2) is 42.8 Å². The molecule has 7 nitrogen and oxygen atoms in total. The smallest absolute Gasteiger partial charge is 0.416 e. The fourth-order valence-electron chi connectivity index (χ4n) is 3.90. The quantitative estimate of drug-likeness (QED) is 0.654. The molecule has 2 aromatic rings. The van der Waals surface area contributed by atoms with E-state index < -0.39 is 29.7 Å². The van der Waals surface area contributed by atoms with Crippen LogP contribution in [0.2, 0.25) is 0 Å². The first kappa shape index (κ1) is 23.6. The number of ether oxygens (including phenoxy) is 2. The minimum Gasteiger partial charge on any atom is -0.493 e. The van der Waals surface area contributed by atoms with Crippen molar-refractivity contribution in [3.8, 4) is 11.5 Å². The number of rotatable bonds is 3. The maximum atomic E-state index is 13.1. The van der Waals surface area contributed by atoms with Crippen LogP contribution in [0, 0.1) is 0 Å².